The lowest BCUT2D eigenvalue weighted by Crippen LogP contribution is -2.64. The fourth-order valence-electron chi connectivity index (χ4n) is 7.08. The molecule has 1 rings (SSSR count). The average Bonchev–Trinajstić information content (AvgIpc) is 3.13. The van der Waals surface area contributed by atoms with Crippen LogP contribution in [0.5, 0.6) is 0 Å². The van der Waals surface area contributed by atoms with Crippen molar-refractivity contribution in [3.8, 4) is 0 Å². The first-order chi connectivity index (χ1) is 25.4. The molecule has 1 saturated carbocycles. The standard InChI is InChI=1S/C40H80NO11P/c1-3-5-7-9-11-13-15-16-17-18-20-21-23-25-27-29-33(42)32(41-34(43)30-28-26-24-22-19-14-12-10-8-6-4-2)31-51-53(49,50)52-40-38(47)36(45)35(44)37(46)39(40)48/h32-33,35-40,42,44-48H,3-31H2,1-2H3,(H,41,43)(H,49,50)/t32-,33+,35?,36+,37?,38?,39?,40?/m0/s1. The van der Waals surface area contributed by atoms with Crippen LogP contribution in [0.2, 0.25) is 0 Å². The van der Waals surface area contributed by atoms with Crippen LogP contribution in [0.4, 0.5) is 0 Å². The lowest BCUT2D eigenvalue weighted by Gasteiger charge is -2.41. The van der Waals surface area contributed by atoms with Gasteiger partial charge in [-0.05, 0) is 12.8 Å². The summed E-state index contributed by atoms with van der Waals surface area (Å²) < 4.78 is 22.9. The predicted octanol–water partition coefficient (Wildman–Crippen LogP) is 7.12. The molecule has 0 heterocycles. The molecule has 13 heteroatoms. The first-order valence-electron chi connectivity index (χ1n) is 21.5. The van der Waals surface area contributed by atoms with E-state index in [1.165, 1.54) is 116 Å². The van der Waals surface area contributed by atoms with Crippen LogP contribution in [0.15, 0.2) is 0 Å². The van der Waals surface area contributed by atoms with Gasteiger partial charge in [-0.2, -0.15) is 0 Å². The molecule has 6 unspecified atom stereocenters. The highest BCUT2D eigenvalue weighted by atomic mass is 31.2. The molecule has 316 valence electrons. The van der Waals surface area contributed by atoms with E-state index in [4.69, 9.17) is 9.05 Å². The molecular weight excluding hydrogens is 701 g/mol. The number of hydrogen-bond acceptors (Lipinski definition) is 10. The third-order valence-corrected chi connectivity index (χ3v) is 11.7. The highest BCUT2D eigenvalue weighted by molar-refractivity contribution is 7.47. The van der Waals surface area contributed by atoms with Gasteiger partial charge >= 0.3 is 7.82 Å². The molecule has 0 aromatic carbocycles. The summed E-state index contributed by atoms with van der Waals surface area (Å²) in [6.07, 6.45) is 18.6. The normalized spacial score (nSPS) is 24.2. The van der Waals surface area contributed by atoms with Gasteiger partial charge in [-0.1, -0.05) is 174 Å². The number of hydrogen-bond donors (Lipinski definition) is 8. The zero-order valence-corrected chi connectivity index (χ0v) is 34.2. The largest absolute Gasteiger partial charge is 0.472 e. The molecule has 8 N–H and O–H groups in total. The van der Waals surface area contributed by atoms with E-state index >= 15 is 0 Å². The Hall–Kier alpha value is -0.660. The van der Waals surface area contributed by atoms with Crippen LogP contribution in [0.1, 0.15) is 194 Å². The van der Waals surface area contributed by atoms with Crippen molar-refractivity contribution in [1.29, 1.82) is 0 Å². The molecule has 0 aromatic rings. The first kappa shape index (κ1) is 50.4. The minimum absolute atomic E-state index is 0.241. The third-order valence-electron chi connectivity index (χ3n) is 10.7. The van der Waals surface area contributed by atoms with Crippen molar-refractivity contribution in [1.82, 2.24) is 5.32 Å². The number of unbranched alkanes of at least 4 members (excludes halogenated alkanes) is 24. The van der Waals surface area contributed by atoms with Gasteiger partial charge in [-0.25, -0.2) is 4.57 Å². The van der Waals surface area contributed by atoms with Gasteiger partial charge in [0.1, 0.15) is 36.6 Å². The number of rotatable bonds is 35. The Labute approximate surface area is 321 Å². The Bertz CT molecular complexity index is 915. The number of aliphatic hydroxyl groups is 6. The van der Waals surface area contributed by atoms with Gasteiger partial charge in [0, 0.05) is 6.42 Å². The SMILES string of the molecule is CCCCCCCCCCCCCCCCC[C@@H](O)[C@H](COP(=O)(O)OC1C(O)C(O)C(O)[C@@H](O)C1O)NC(=O)CCCCCCCCCCCCC. The highest BCUT2D eigenvalue weighted by Gasteiger charge is 2.51. The number of aliphatic hydroxyl groups excluding tert-OH is 6. The van der Waals surface area contributed by atoms with Gasteiger partial charge in [0.15, 0.2) is 0 Å². The van der Waals surface area contributed by atoms with Gasteiger partial charge in [-0.3, -0.25) is 13.8 Å². The monoisotopic (exact) mass is 782 g/mol. The van der Waals surface area contributed by atoms with Gasteiger partial charge in [0.05, 0.1) is 18.8 Å². The summed E-state index contributed by atoms with van der Waals surface area (Å²) in [5.74, 6) is -0.308. The molecule has 12 nitrogen and oxygen atoms in total. The van der Waals surface area contributed by atoms with Gasteiger partial charge in [0.2, 0.25) is 5.91 Å². The van der Waals surface area contributed by atoms with Gasteiger partial charge in [-0.15, -0.1) is 0 Å². The van der Waals surface area contributed by atoms with Crippen molar-refractivity contribution in [3.63, 3.8) is 0 Å². The molecule has 0 spiro atoms. The maximum absolute atomic E-state index is 12.9. The van der Waals surface area contributed by atoms with Crippen LogP contribution >= 0.6 is 7.82 Å². The third kappa shape index (κ3) is 23.9. The highest BCUT2D eigenvalue weighted by Crippen LogP contribution is 2.47. The molecule has 0 radical (unpaired) electrons. The molecule has 0 aromatic heterocycles. The quantitative estimate of drug-likeness (QED) is 0.0240. The minimum atomic E-state index is -5.04. The van der Waals surface area contributed by atoms with Crippen molar-refractivity contribution >= 4 is 13.7 Å². The van der Waals surface area contributed by atoms with E-state index in [2.05, 4.69) is 19.2 Å². The summed E-state index contributed by atoms with van der Waals surface area (Å²) in [5, 5.41) is 63.9. The Kier molecular flexibility index (Phi) is 29.9. The Morgan fingerprint density at radius 1 is 0.566 bits per heavy atom. The summed E-state index contributed by atoms with van der Waals surface area (Å²) in [5.41, 5.74) is 0. The summed E-state index contributed by atoms with van der Waals surface area (Å²) in [7, 11) is -5.04. The Balaban J connectivity index is 2.51. The van der Waals surface area contributed by atoms with E-state index in [9.17, 15) is 44.9 Å². The van der Waals surface area contributed by atoms with Crippen LogP contribution < -0.4 is 5.32 Å². The van der Waals surface area contributed by atoms with Crippen molar-refractivity contribution in [2.45, 2.75) is 242 Å². The van der Waals surface area contributed by atoms with E-state index in [0.29, 0.717) is 19.3 Å². The second-order valence-electron chi connectivity index (χ2n) is 15.6. The molecular formula is C40H80NO11P. The number of carbonyl (C=O) groups excluding carboxylic acids is 1. The fraction of sp³-hybridized carbons (Fsp3) is 0.975. The Morgan fingerprint density at radius 2 is 0.906 bits per heavy atom. The van der Waals surface area contributed by atoms with E-state index in [0.717, 1.165) is 38.5 Å². The number of nitrogens with one attached hydrogen (secondary N) is 1. The smallest absolute Gasteiger partial charge is 0.391 e. The second-order valence-corrected chi connectivity index (χ2v) is 17.0. The molecule has 0 saturated heterocycles. The van der Waals surface area contributed by atoms with Crippen LogP contribution in [-0.4, -0.2) is 96.8 Å². The Morgan fingerprint density at radius 3 is 1.30 bits per heavy atom. The number of amides is 1. The molecule has 1 fully saturated rings. The fourth-order valence-corrected chi connectivity index (χ4v) is 8.05. The lowest BCUT2D eigenvalue weighted by molar-refractivity contribution is -0.220. The second kappa shape index (κ2) is 31.4. The number of phosphoric ester groups is 1. The minimum Gasteiger partial charge on any atom is -0.391 e. The van der Waals surface area contributed by atoms with Crippen molar-refractivity contribution < 1.29 is 53.9 Å². The van der Waals surface area contributed by atoms with E-state index in [-0.39, 0.29) is 12.3 Å². The van der Waals surface area contributed by atoms with Crippen LogP contribution in [0, 0.1) is 0 Å². The van der Waals surface area contributed by atoms with E-state index in [1.54, 1.807) is 0 Å². The van der Waals surface area contributed by atoms with Crippen LogP contribution in [-0.2, 0) is 18.4 Å². The maximum atomic E-state index is 12.9. The van der Waals surface area contributed by atoms with Crippen LogP contribution in [0.25, 0.3) is 0 Å². The molecule has 1 aliphatic rings. The topological polar surface area (TPSA) is 206 Å². The first-order valence-corrected chi connectivity index (χ1v) is 23.0. The molecule has 9 atom stereocenters. The van der Waals surface area contributed by atoms with Crippen LogP contribution in [0.3, 0.4) is 0 Å². The van der Waals surface area contributed by atoms with E-state index < -0.39 is 63.2 Å². The molecule has 53 heavy (non-hydrogen) atoms. The summed E-state index contributed by atoms with van der Waals surface area (Å²) in [6.45, 7) is 3.87. The van der Waals surface area contributed by atoms with Gasteiger partial charge < -0.3 is 40.8 Å². The van der Waals surface area contributed by atoms with Crippen molar-refractivity contribution in [3.05, 3.63) is 0 Å². The lowest BCUT2D eigenvalue weighted by atomic mass is 9.85. The molecule has 1 aliphatic carbocycles. The molecule has 0 aliphatic heterocycles. The predicted molar refractivity (Wildman–Crippen MR) is 209 cm³/mol. The van der Waals surface area contributed by atoms with Crippen molar-refractivity contribution in [2.75, 3.05) is 6.61 Å². The number of carbonyl (C=O) groups is 1. The zero-order chi connectivity index (χ0) is 39.3. The molecule has 1 amide bonds. The number of phosphoric acid groups is 1. The maximum Gasteiger partial charge on any atom is 0.472 e. The summed E-state index contributed by atoms with van der Waals surface area (Å²) >= 11 is 0. The zero-order valence-electron chi connectivity index (χ0n) is 33.3. The summed E-state index contributed by atoms with van der Waals surface area (Å²) in [4.78, 5) is 23.3. The summed E-state index contributed by atoms with van der Waals surface area (Å²) in [6, 6.07) is -1.02. The van der Waals surface area contributed by atoms with Crippen molar-refractivity contribution in [2.24, 2.45) is 0 Å². The van der Waals surface area contributed by atoms with Gasteiger partial charge in [0.25, 0.3) is 0 Å². The average molecular weight is 782 g/mol. The van der Waals surface area contributed by atoms with E-state index in [1.807, 2.05) is 0 Å². The molecule has 0 bridgehead atoms.